The fraction of sp³-hybridized carbons (Fsp3) is 0.733. The molecule has 4 aliphatic carbocycles. The molecule has 0 saturated heterocycles. The molecule has 4 aliphatic rings. The molecule has 19 heavy (non-hydrogen) atoms. The minimum atomic E-state index is 0.192. The third-order valence-corrected chi connectivity index (χ3v) is 8.66. The van der Waals surface area contributed by atoms with E-state index in [1.807, 2.05) is 0 Å². The third kappa shape index (κ3) is 2.18. The molecule has 4 saturated carbocycles. The van der Waals surface area contributed by atoms with E-state index in [0.29, 0.717) is 5.41 Å². The van der Waals surface area contributed by atoms with Gasteiger partial charge in [0.05, 0.1) is 12.9 Å². The Morgan fingerprint density at radius 2 is 1.63 bits per heavy atom. The molecule has 1 heterocycles. The maximum absolute atomic E-state index is 7.00. The Labute approximate surface area is 140 Å². The molecule has 5 rings (SSSR count). The lowest BCUT2D eigenvalue weighted by Gasteiger charge is -2.58. The second kappa shape index (κ2) is 4.72. The zero-order valence-electron chi connectivity index (χ0n) is 10.7. The van der Waals surface area contributed by atoms with Gasteiger partial charge in [-0.15, -0.1) is 22.9 Å². The van der Waals surface area contributed by atoms with E-state index in [1.54, 1.807) is 11.3 Å². The van der Waals surface area contributed by atoms with Gasteiger partial charge >= 0.3 is 0 Å². The molecule has 0 N–H and O–H groups in total. The van der Waals surface area contributed by atoms with Gasteiger partial charge in [-0.25, -0.2) is 0 Å². The molecule has 1 aromatic heterocycles. The highest BCUT2D eigenvalue weighted by molar-refractivity contribution is 9.12. The van der Waals surface area contributed by atoms with Gasteiger partial charge in [0, 0.05) is 0 Å². The van der Waals surface area contributed by atoms with Crippen molar-refractivity contribution in [3.63, 3.8) is 0 Å². The minimum Gasteiger partial charge on any atom is -0.121 e. The lowest BCUT2D eigenvalue weighted by molar-refractivity contribution is -0.0552. The number of halogens is 3. The fourth-order valence-electron chi connectivity index (χ4n) is 5.34. The number of rotatable bonds is 2. The van der Waals surface area contributed by atoms with Gasteiger partial charge in [0.1, 0.15) is 0 Å². The molecule has 1 unspecified atom stereocenters. The Balaban J connectivity index is 1.69. The van der Waals surface area contributed by atoms with E-state index in [2.05, 4.69) is 37.9 Å². The molecule has 4 bridgehead atoms. The van der Waals surface area contributed by atoms with Gasteiger partial charge in [-0.2, -0.15) is 0 Å². The van der Waals surface area contributed by atoms with Crippen molar-refractivity contribution < 1.29 is 0 Å². The van der Waals surface area contributed by atoms with Crippen LogP contribution >= 0.6 is 54.8 Å². The highest BCUT2D eigenvalue weighted by Gasteiger charge is 2.54. The summed E-state index contributed by atoms with van der Waals surface area (Å²) in [6.45, 7) is 0. The lowest BCUT2D eigenvalue weighted by Crippen LogP contribution is -2.47. The average molecular weight is 425 g/mol. The quantitative estimate of drug-likeness (QED) is 0.460. The van der Waals surface area contributed by atoms with Crippen molar-refractivity contribution in [1.29, 1.82) is 0 Å². The van der Waals surface area contributed by atoms with Gasteiger partial charge in [-0.05, 0) is 105 Å². The summed E-state index contributed by atoms with van der Waals surface area (Å²) in [5.74, 6) is 2.90. The second-order valence-electron chi connectivity index (χ2n) is 6.92. The Morgan fingerprint density at radius 1 is 1.11 bits per heavy atom. The van der Waals surface area contributed by atoms with Gasteiger partial charge in [-0.1, -0.05) is 0 Å². The van der Waals surface area contributed by atoms with Crippen LogP contribution < -0.4 is 0 Å². The van der Waals surface area contributed by atoms with Crippen LogP contribution in [0.3, 0.4) is 0 Å². The van der Waals surface area contributed by atoms with Gasteiger partial charge in [0.25, 0.3) is 0 Å². The molecule has 0 radical (unpaired) electrons. The predicted octanol–water partition coefficient (Wildman–Crippen LogP) is 6.77. The normalized spacial score (nSPS) is 41.7. The molecule has 1 aromatic rings. The maximum Gasteiger partial charge on any atom is 0.0757 e. The van der Waals surface area contributed by atoms with Crippen LogP contribution in [-0.4, -0.2) is 0 Å². The van der Waals surface area contributed by atoms with Crippen LogP contribution in [0.1, 0.15) is 49.5 Å². The minimum absolute atomic E-state index is 0.192. The van der Waals surface area contributed by atoms with Crippen molar-refractivity contribution in [1.82, 2.24) is 0 Å². The molecule has 1 atom stereocenters. The van der Waals surface area contributed by atoms with E-state index in [1.165, 1.54) is 51.7 Å². The Morgan fingerprint density at radius 3 is 2.05 bits per heavy atom. The summed E-state index contributed by atoms with van der Waals surface area (Å²) in [5.41, 5.74) is 1.71. The molecular formula is C15H17Br2ClS. The predicted molar refractivity (Wildman–Crippen MR) is 88.9 cm³/mol. The average Bonchev–Trinajstić information content (AvgIpc) is 2.65. The summed E-state index contributed by atoms with van der Waals surface area (Å²) in [7, 11) is 0. The highest BCUT2D eigenvalue weighted by Crippen LogP contribution is 2.66. The SMILES string of the molecule is ClC(c1cc(Br)sc1Br)C12CC3CC(CC(C3)C1)C2. The summed E-state index contributed by atoms with van der Waals surface area (Å²) in [6.07, 6.45) is 8.55. The molecule has 0 amide bonds. The standard InChI is InChI=1S/C15H17Br2ClS/c16-12-4-11(14(17)19-12)13(18)15-5-8-1-9(6-15)3-10(2-8)7-15/h4,8-10,13H,1-3,5-7H2. The van der Waals surface area contributed by atoms with E-state index < -0.39 is 0 Å². The molecule has 0 spiro atoms. The smallest absolute Gasteiger partial charge is 0.0757 e. The van der Waals surface area contributed by atoms with E-state index in [4.69, 9.17) is 11.6 Å². The molecule has 104 valence electrons. The van der Waals surface area contributed by atoms with Gasteiger partial charge in [0.2, 0.25) is 0 Å². The summed E-state index contributed by atoms with van der Waals surface area (Å²) in [5, 5.41) is 0.192. The largest absolute Gasteiger partial charge is 0.121 e. The van der Waals surface area contributed by atoms with Gasteiger partial charge in [0.15, 0.2) is 0 Å². The molecule has 4 fully saturated rings. The van der Waals surface area contributed by atoms with Crippen molar-refractivity contribution >= 4 is 54.8 Å². The van der Waals surface area contributed by atoms with Crippen LogP contribution in [0.15, 0.2) is 13.6 Å². The topological polar surface area (TPSA) is 0 Å². The first-order chi connectivity index (χ1) is 9.06. The Bertz CT molecular complexity index is 475. The first-order valence-corrected chi connectivity index (χ1v) is 9.98. The van der Waals surface area contributed by atoms with E-state index in [9.17, 15) is 0 Å². The number of alkyl halides is 1. The summed E-state index contributed by atoms with van der Waals surface area (Å²) >= 11 is 16.0. The Hall–Kier alpha value is 0.950. The molecule has 4 heteroatoms. The van der Waals surface area contributed by atoms with Crippen LogP contribution in [0.4, 0.5) is 0 Å². The number of thiophene rings is 1. The van der Waals surface area contributed by atoms with Crippen molar-refractivity contribution in [3.05, 3.63) is 19.2 Å². The molecule has 0 aliphatic heterocycles. The van der Waals surface area contributed by atoms with E-state index in [0.717, 1.165) is 17.8 Å². The van der Waals surface area contributed by atoms with Crippen LogP contribution in [0.25, 0.3) is 0 Å². The van der Waals surface area contributed by atoms with Crippen LogP contribution in [0, 0.1) is 23.2 Å². The fourth-order valence-corrected chi connectivity index (χ4v) is 8.88. The second-order valence-corrected chi connectivity index (χ2v) is 11.1. The zero-order chi connectivity index (χ0) is 13.2. The maximum atomic E-state index is 7.00. The highest BCUT2D eigenvalue weighted by atomic mass is 79.9. The van der Waals surface area contributed by atoms with Crippen LogP contribution in [0.2, 0.25) is 0 Å². The summed E-state index contributed by atoms with van der Waals surface area (Å²) in [4.78, 5) is 0. The van der Waals surface area contributed by atoms with Crippen LogP contribution in [0.5, 0.6) is 0 Å². The number of hydrogen-bond acceptors (Lipinski definition) is 1. The van der Waals surface area contributed by atoms with E-state index >= 15 is 0 Å². The van der Waals surface area contributed by atoms with Crippen molar-refractivity contribution in [2.45, 2.75) is 43.9 Å². The molecule has 0 nitrogen and oxygen atoms in total. The van der Waals surface area contributed by atoms with Gasteiger partial charge < -0.3 is 0 Å². The first kappa shape index (κ1) is 13.6. The van der Waals surface area contributed by atoms with Crippen molar-refractivity contribution in [3.8, 4) is 0 Å². The molecule has 0 aromatic carbocycles. The zero-order valence-corrected chi connectivity index (χ0v) is 15.4. The number of hydrogen-bond donors (Lipinski definition) is 0. The van der Waals surface area contributed by atoms with E-state index in [-0.39, 0.29) is 5.38 Å². The summed E-state index contributed by atoms with van der Waals surface area (Å²) < 4.78 is 2.40. The van der Waals surface area contributed by atoms with Crippen molar-refractivity contribution in [2.24, 2.45) is 23.2 Å². The lowest BCUT2D eigenvalue weighted by atomic mass is 9.48. The van der Waals surface area contributed by atoms with Crippen LogP contribution in [-0.2, 0) is 0 Å². The molecular weight excluding hydrogens is 407 g/mol. The van der Waals surface area contributed by atoms with Gasteiger partial charge in [-0.3, -0.25) is 0 Å². The third-order valence-electron chi connectivity index (χ3n) is 5.58. The monoisotopic (exact) mass is 422 g/mol. The Kier molecular flexibility index (Phi) is 3.38. The van der Waals surface area contributed by atoms with Crippen molar-refractivity contribution in [2.75, 3.05) is 0 Å². The first-order valence-electron chi connectivity index (χ1n) is 7.14. The summed E-state index contributed by atoms with van der Waals surface area (Å²) in [6, 6.07) is 2.23.